The Bertz CT molecular complexity index is 510. The third-order valence-corrected chi connectivity index (χ3v) is 5.68. The van der Waals surface area contributed by atoms with Gasteiger partial charge in [-0.2, -0.15) is 0 Å². The van der Waals surface area contributed by atoms with Gasteiger partial charge in [0.05, 0.1) is 11.5 Å². The van der Waals surface area contributed by atoms with E-state index in [1.54, 1.807) is 0 Å². The van der Waals surface area contributed by atoms with Crippen molar-refractivity contribution in [3.05, 3.63) is 35.9 Å². The largest absolute Gasteiger partial charge is 0.453 e. The van der Waals surface area contributed by atoms with Crippen LogP contribution in [0.1, 0.15) is 12.0 Å². The van der Waals surface area contributed by atoms with E-state index in [9.17, 15) is 13.2 Å². The summed E-state index contributed by atoms with van der Waals surface area (Å²) < 4.78 is 27.6. The van der Waals surface area contributed by atoms with Crippen molar-refractivity contribution in [3.8, 4) is 0 Å². The smallest absolute Gasteiger partial charge is 0.367 e. The van der Waals surface area contributed by atoms with Gasteiger partial charge in [-0.25, -0.2) is 13.2 Å². The standard InChI is InChI=1S/C12H14O4S2/c13-12(16-8-10-4-2-1-3-5-10)17-11-6-7-18(14,15)9-11/h1-5,11H,6-9H2. The Morgan fingerprint density at radius 3 is 2.67 bits per heavy atom. The maximum absolute atomic E-state index is 11.5. The monoisotopic (exact) mass is 286 g/mol. The fraction of sp³-hybridized carbons (Fsp3) is 0.417. The molecule has 0 N–H and O–H groups in total. The van der Waals surface area contributed by atoms with Crippen LogP contribution >= 0.6 is 11.8 Å². The average Bonchev–Trinajstić information content (AvgIpc) is 2.67. The zero-order valence-electron chi connectivity index (χ0n) is 9.74. The Hall–Kier alpha value is -1.01. The van der Waals surface area contributed by atoms with E-state index in [2.05, 4.69) is 0 Å². The number of benzene rings is 1. The van der Waals surface area contributed by atoms with E-state index in [0.717, 1.165) is 17.3 Å². The summed E-state index contributed by atoms with van der Waals surface area (Å²) in [4.78, 5) is 11.5. The molecule has 0 saturated carbocycles. The third kappa shape index (κ3) is 4.03. The maximum atomic E-state index is 11.5. The summed E-state index contributed by atoms with van der Waals surface area (Å²) in [6.45, 7) is 0.228. The molecule has 1 saturated heterocycles. The molecule has 0 radical (unpaired) electrons. The lowest BCUT2D eigenvalue weighted by Gasteiger charge is -2.07. The molecular formula is C12H14O4S2. The topological polar surface area (TPSA) is 60.4 Å². The first kappa shape index (κ1) is 13.4. The van der Waals surface area contributed by atoms with Gasteiger partial charge in [-0.05, 0) is 23.7 Å². The molecule has 0 aromatic heterocycles. The SMILES string of the molecule is O=C(OCc1ccccc1)SC1CCS(=O)(=O)C1. The lowest BCUT2D eigenvalue weighted by Crippen LogP contribution is -2.10. The van der Waals surface area contributed by atoms with Crippen LogP contribution in [0.3, 0.4) is 0 Å². The van der Waals surface area contributed by atoms with Gasteiger partial charge in [-0.3, -0.25) is 0 Å². The van der Waals surface area contributed by atoms with E-state index < -0.39 is 15.1 Å². The van der Waals surface area contributed by atoms with Crippen LogP contribution in [0.4, 0.5) is 4.79 Å². The number of hydrogen-bond acceptors (Lipinski definition) is 5. The zero-order chi connectivity index (χ0) is 13.0. The number of rotatable bonds is 3. The molecule has 1 fully saturated rings. The average molecular weight is 286 g/mol. The lowest BCUT2D eigenvalue weighted by molar-refractivity contribution is 0.168. The number of sulfone groups is 1. The number of thioether (sulfide) groups is 1. The minimum atomic E-state index is -2.94. The first-order chi connectivity index (χ1) is 8.55. The first-order valence-corrected chi connectivity index (χ1v) is 8.33. The Labute approximate surface area is 111 Å². The van der Waals surface area contributed by atoms with Crippen molar-refractivity contribution in [1.82, 2.24) is 0 Å². The molecular weight excluding hydrogens is 272 g/mol. The molecule has 0 amide bonds. The molecule has 0 spiro atoms. The van der Waals surface area contributed by atoms with Crippen LogP contribution in [0, 0.1) is 0 Å². The summed E-state index contributed by atoms with van der Waals surface area (Å²) in [5, 5.41) is -0.556. The Morgan fingerprint density at radius 1 is 1.33 bits per heavy atom. The van der Waals surface area contributed by atoms with Gasteiger partial charge in [-0.15, -0.1) is 0 Å². The first-order valence-electron chi connectivity index (χ1n) is 5.63. The molecule has 1 heterocycles. The number of carbonyl (C=O) groups is 1. The molecule has 6 heteroatoms. The van der Waals surface area contributed by atoms with Gasteiger partial charge in [0.1, 0.15) is 6.61 Å². The van der Waals surface area contributed by atoms with Crippen LogP contribution in [0.5, 0.6) is 0 Å². The third-order valence-electron chi connectivity index (χ3n) is 2.65. The van der Waals surface area contributed by atoms with E-state index in [4.69, 9.17) is 4.74 Å². The number of hydrogen-bond donors (Lipinski definition) is 0. The molecule has 0 bridgehead atoms. The van der Waals surface area contributed by atoms with Crippen LogP contribution in [-0.2, 0) is 21.2 Å². The zero-order valence-corrected chi connectivity index (χ0v) is 11.4. The van der Waals surface area contributed by atoms with E-state index in [0.29, 0.717) is 6.42 Å². The van der Waals surface area contributed by atoms with E-state index in [1.807, 2.05) is 30.3 Å². The molecule has 1 atom stereocenters. The number of carbonyl (C=O) groups excluding carboxylic acids is 1. The van der Waals surface area contributed by atoms with Gasteiger partial charge >= 0.3 is 5.30 Å². The minimum Gasteiger partial charge on any atom is -0.453 e. The second-order valence-electron chi connectivity index (χ2n) is 4.17. The highest BCUT2D eigenvalue weighted by Gasteiger charge is 2.30. The summed E-state index contributed by atoms with van der Waals surface area (Å²) in [5.74, 6) is 0.259. The van der Waals surface area contributed by atoms with Crippen LogP contribution in [-0.4, -0.2) is 30.5 Å². The molecule has 18 heavy (non-hydrogen) atoms. The Morgan fingerprint density at radius 2 is 2.06 bits per heavy atom. The molecule has 98 valence electrons. The second-order valence-corrected chi connectivity index (χ2v) is 7.63. The van der Waals surface area contributed by atoms with Gasteiger partial charge in [0.15, 0.2) is 9.84 Å². The Kier molecular flexibility index (Phi) is 4.29. The van der Waals surface area contributed by atoms with Gasteiger partial charge in [0.2, 0.25) is 0 Å². The molecule has 1 aliphatic rings. The molecule has 1 aromatic rings. The fourth-order valence-electron chi connectivity index (χ4n) is 1.74. The minimum absolute atomic E-state index is 0.0815. The fourth-order valence-corrected chi connectivity index (χ4v) is 4.96. The van der Waals surface area contributed by atoms with Crippen LogP contribution in [0.25, 0.3) is 0 Å². The van der Waals surface area contributed by atoms with Gasteiger partial charge in [0.25, 0.3) is 0 Å². The predicted octanol–water partition coefficient (Wildman–Crippen LogP) is 2.24. The van der Waals surface area contributed by atoms with Crippen LogP contribution < -0.4 is 0 Å². The summed E-state index contributed by atoms with van der Waals surface area (Å²) in [6, 6.07) is 9.39. The lowest BCUT2D eigenvalue weighted by atomic mass is 10.2. The molecule has 1 aliphatic heterocycles. The molecule has 1 aromatic carbocycles. The van der Waals surface area contributed by atoms with Crippen molar-refractivity contribution >= 4 is 26.9 Å². The molecule has 4 nitrogen and oxygen atoms in total. The predicted molar refractivity (Wildman–Crippen MR) is 71.3 cm³/mol. The van der Waals surface area contributed by atoms with Crippen LogP contribution in [0.2, 0.25) is 0 Å². The molecule has 0 aliphatic carbocycles. The van der Waals surface area contributed by atoms with E-state index in [-0.39, 0.29) is 23.4 Å². The van der Waals surface area contributed by atoms with Crippen molar-refractivity contribution < 1.29 is 17.9 Å². The van der Waals surface area contributed by atoms with Gasteiger partial charge in [-0.1, -0.05) is 30.3 Å². The summed E-state index contributed by atoms with van der Waals surface area (Å²) >= 11 is 0.988. The maximum Gasteiger partial charge on any atom is 0.367 e. The highest BCUT2D eigenvalue weighted by Crippen LogP contribution is 2.26. The van der Waals surface area contributed by atoms with Crippen molar-refractivity contribution in [2.24, 2.45) is 0 Å². The van der Waals surface area contributed by atoms with Crippen molar-refractivity contribution in [2.45, 2.75) is 18.3 Å². The van der Waals surface area contributed by atoms with Crippen molar-refractivity contribution in [3.63, 3.8) is 0 Å². The molecule has 2 rings (SSSR count). The van der Waals surface area contributed by atoms with Crippen LogP contribution in [0.15, 0.2) is 30.3 Å². The van der Waals surface area contributed by atoms with Crippen molar-refractivity contribution in [2.75, 3.05) is 11.5 Å². The summed E-state index contributed by atoms with van der Waals surface area (Å²) in [5.41, 5.74) is 0.922. The molecule has 1 unspecified atom stereocenters. The quantitative estimate of drug-likeness (QED) is 0.798. The number of ether oxygens (including phenoxy) is 1. The second kappa shape index (κ2) is 5.75. The summed E-state index contributed by atoms with van der Waals surface area (Å²) in [6.07, 6.45) is 0.535. The highest BCUT2D eigenvalue weighted by atomic mass is 32.2. The highest BCUT2D eigenvalue weighted by molar-refractivity contribution is 8.14. The van der Waals surface area contributed by atoms with Gasteiger partial charge in [0, 0.05) is 5.25 Å². The van der Waals surface area contributed by atoms with Crippen molar-refractivity contribution in [1.29, 1.82) is 0 Å². The normalized spacial score (nSPS) is 21.7. The Balaban J connectivity index is 1.76. The van der Waals surface area contributed by atoms with E-state index >= 15 is 0 Å². The summed E-state index contributed by atoms with van der Waals surface area (Å²) in [7, 11) is -2.94. The van der Waals surface area contributed by atoms with E-state index in [1.165, 1.54) is 0 Å². The van der Waals surface area contributed by atoms with Gasteiger partial charge < -0.3 is 4.74 Å².